The molecule has 19 heavy (non-hydrogen) atoms. The summed E-state index contributed by atoms with van der Waals surface area (Å²) in [7, 11) is 1.56. The molecule has 0 aliphatic rings. The number of rotatable bonds is 6. The Labute approximate surface area is 112 Å². The van der Waals surface area contributed by atoms with Gasteiger partial charge in [0.25, 0.3) is 5.91 Å². The van der Waals surface area contributed by atoms with E-state index in [0.717, 1.165) is 5.56 Å². The van der Waals surface area contributed by atoms with Crippen molar-refractivity contribution in [2.24, 2.45) is 0 Å². The Bertz CT molecular complexity index is 471. The van der Waals surface area contributed by atoms with Crippen LogP contribution in [0.25, 0.3) is 0 Å². The summed E-state index contributed by atoms with van der Waals surface area (Å²) in [5.41, 5.74) is 1.46. The average Bonchev–Trinajstić information content (AvgIpc) is 2.36. The molecular formula is C14H19NO4. The minimum Gasteiger partial charge on any atom is -0.496 e. The van der Waals surface area contributed by atoms with Crippen LogP contribution in [-0.2, 0) is 4.79 Å². The van der Waals surface area contributed by atoms with Crippen LogP contribution in [0.5, 0.6) is 5.75 Å². The fourth-order valence-electron chi connectivity index (χ4n) is 1.68. The molecule has 0 saturated heterocycles. The Balaban J connectivity index is 2.65. The van der Waals surface area contributed by atoms with E-state index >= 15 is 0 Å². The third-order valence-electron chi connectivity index (χ3n) is 2.84. The lowest BCUT2D eigenvalue weighted by molar-refractivity contribution is -0.137. The Morgan fingerprint density at radius 2 is 2.11 bits per heavy atom. The van der Waals surface area contributed by atoms with Gasteiger partial charge in [-0.25, -0.2) is 0 Å². The summed E-state index contributed by atoms with van der Waals surface area (Å²) in [6.07, 6.45) is 0.447. The zero-order chi connectivity index (χ0) is 14.4. The first-order valence-corrected chi connectivity index (χ1v) is 6.11. The van der Waals surface area contributed by atoms with Crippen LogP contribution in [0.15, 0.2) is 18.2 Å². The monoisotopic (exact) mass is 265 g/mol. The summed E-state index contributed by atoms with van der Waals surface area (Å²) in [5, 5.41) is 11.3. The van der Waals surface area contributed by atoms with E-state index in [9.17, 15) is 9.59 Å². The van der Waals surface area contributed by atoms with Crippen LogP contribution < -0.4 is 10.1 Å². The molecule has 1 atom stereocenters. The second kappa shape index (κ2) is 6.78. The highest BCUT2D eigenvalue weighted by atomic mass is 16.5. The van der Waals surface area contributed by atoms with Crippen molar-refractivity contribution < 1.29 is 19.4 Å². The van der Waals surface area contributed by atoms with Crippen LogP contribution in [-0.4, -0.2) is 30.1 Å². The van der Waals surface area contributed by atoms with Crippen molar-refractivity contribution in [2.75, 3.05) is 7.11 Å². The minimum absolute atomic E-state index is 0.0403. The van der Waals surface area contributed by atoms with Crippen molar-refractivity contribution in [3.05, 3.63) is 29.3 Å². The Kier molecular flexibility index (Phi) is 5.36. The first-order chi connectivity index (χ1) is 8.93. The molecule has 1 unspecified atom stereocenters. The first kappa shape index (κ1) is 15.0. The quantitative estimate of drug-likeness (QED) is 0.824. The maximum atomic E-state index is 12.0. The smallest absolute Gasteiger partial charge is 0.303 e. The van der Waals surface area contributed by atoms with E-state index in [-0.39, 0.29) is 18.4 Å². The molecule has 0 saturated carbocycles. The van der Waals surface area contributed by atoms with Gasteiger partial charge < -0.3 is 15.2 Å². The second-order valence-electron chi connectivity index (χ2n) is 4.49. The zero-order valence-corrected chi connectivity index (χ0v) is 11.4. The molecule has 1 amide bonds. The van der Waals surface area contributed by atoms with Gasteiger partial charge in [-0.2, -0.15) is 0 Å². The summed E-state index contributed by atoms with van der Waals surface area (Å²) in [4.78, 5) is 22.4. The lowest BCUT2D eigenvalue weighted by Gasteiger charge is -2.13. The molecule has 0 aromatic heterocycles. The molecular weight excluding hydrogens is 246 g/mol. The SMILES string of the molecule is COc1cc(C(=O)NC(C)CCC(=O)O)ccc1C. The lowest BCUT2D eigenvalue weighted by atomic mass is 10.1. The molecule has 1 aromatic carbocycles. The molecule has 0 bridgehead atoms. The van der Waals surface area contributed by atoms with Crippen LogP contribution >= 0.6 is 0 Å². The van der Waals surface area contributed by atoms with Gasteiger partial charge in [0, 0.05) is 18.0 Å². The van der Waals surface area contributed by atoms with Crippen LogP contribution in [0, 0.1) is 6.92 Å². The standard InChI is InChI=1S/C14H19NO4/c1-9-4-6-11(8-12(9)19-3)14(18)15-10(2)5-7-13(16)17/h4,6,8,10H,5,7H2,1-3H3,(H,15,18)(H,16,17). The highest BCUT2D eigenvalue weighted by Crippen LogP contribution is 2.19. The predicted octanol–water partition coefficient (Wildman–Crippen LogP) is 1.99. The van der Waals surface area contributed by atoms with Gasteiger partial charge in [0.2, 0.25) is 0 Å². The highest BCUT2D eigenvalue weighted by molar-refractivity contribution is 5.94. The van der Waals surface area contributed by atoms with Gasteiger partial charge in [0.05, 0.1) is 7.11 Å². The molecule has 1 aromatic rings. The number of aryl methyl sites for hydroxylation is 1. The molecule has 0 radical (unpaired) electrons. The van der Waals surface area contributed by atoms with Gasteiger partial charge in [-0.15, -0.1) is 0 Å². The number of carbonyl (C=O) groups is 2. The number of benzene rings is 1. The van der Waals surface area contributed by atoms with Crippen LogP contribution in [0.4, 0.5) is 0 Å². The molecule has 1 rings (SSSR count). The van der Waals surface area contributed by atoms with Crippen molar-refractivity contribution in [1.29, 1.82) is 0 Å². The number of methoxy groups -OCH3 is 1. The van der Waals surface area contributed by atoms with E-state index in [0.29, 0.717) is 17.7 Å². The molecule has 5 nitrogen and oxygen atoms in total. The Morgan fingerprint density at radius 1 is 1.42 bits per heavy atom. The average molecular weight is 265 g/mol. The number of carbonyl (C=O) groups excluding carboxylic acids is 1. The number of carboxylic acid groups (broad SMARTS) is 1. The lowest BCUT2D eigenvalue weighted by Crippen LogP contribution is -2.32. The summed E-state index contributed by atoms with van der Waals surface area (Å²) < 4.78 is 5.16. The number of nitrogens with one attached hydrogen (secondary N) is 1. The number of carboxylic acids is 1. The number of hydrogen-bond donors (Lipinski definition) is 2. The molecule has 2 N–H and O–H groups in total. The molecule has 104 valence electrons. The highest BCUT2D eigenvalue weighted by Gasteiger charge is 2.12. The third-order valence-corrected chi connectivity index (χ3v) is 2.84. The van der Waals surface area contributed by atoms with Crippen LogP contribution in [0.1, 0.15) is 35.7 Å². The van der Waals surface area contributed by atoms with E-state index < -0.39 is 5.97 Å². The molecule has 0 spiro atoms. The van der Waals surface area contributed by atoms with Gasteiger partial charge in [0.15, 0.2) is 0 Å². The van der Waals surface area contributed by atoms with Crippen LogP contribution in [0.2, 0.25) is 0 Å². The van der Waals surface area contributed by atoms with Gasteiger partial charge in [-0.05, 0) is 38.0 Å². The molecule has 0 heterocycles. The van der Waals surface area contributed by atoms with E-state index in [2.05, 4.69) is 5.32 Å². The molecule has 0 aliphatic carbocycles. The normalized spacial score (nSPS) is 11.7. The van der Waals surface area contributed by atoms with E-state index in [1.165, 1.54) is 0 Å². The van der Waals surface area contributed by atoms with Gasteiger partial charge in [0.1, 0.15) is 5.75 Å². The van der Waals surface area contributed by atoms with E-state index in [1.807, 2.05) is 13.0 Å². The third kappa shape index (κ3) is 4.62. The van der Waals surface area contributed by atoms with Crippen molar-refractivity contribution in [2.45, 2.75) is 32.7 Å². The van der Waals surface area contributed by atoms with E-state index in [1.54, 1.807) is 26.2 Å². The van der Waals surface area contributed by atoms with Gasteiger partial charge >= 0.3 is 5.97 Å². The number of aliphatic carboxylic acids is 1. The topological polar surface area (TPSA) is 75.6 Å². The summed E-state index contributed by atoms with van der Waals surface area (Å²) in [6.45, 7) is 3.68. The second-order valence-corrected chi connectivity index (χ2v) is 4.49. The van der Waals surface area contributed by atoms with Crippen molar-refractivity contribution in [1.82, 2.24) is 5.32 Å². The van der Waals surface area contributed by atoms with Gasteiger partial charge in [-0.3, -0.25) is 9.59 Å². The van der Waals surface area contributed by atoms with Gasteiger partial charge in [-0.1, -0.05) is 6.07 Å². The number of hydrogen-bond acceptors (Lipinski definition) is 3. The zero-order valence-electron chi connectivity index (χ0n) is 11.4. The maximum absolute atomic E-state index is 12.0. The summed E-state index contributed by atoms with van der Waals surface area (Å²) in [6, 6.07) is 5.03. The molecule has 0 aliphatic heterocycles. The Morgan fingerprint density at radius 3 is 2.68 bits per heavy atom. The number of ether oxygens (including phenoxy) is 1. The van der Waals surface area contributed by atoms with Crippen molar-refractivity contribution in [3.8, 4) is 5.75 Å². The fraction of sp³-hybridized carbons (Fsp3) is 0.429. The number of amides is 1. The van der Waals surface area contributed by atoms with Crippen molar-refractivity contribution in [3.63, 3.8) is 0 Å². The van der Waals surface area contributed by atoms with Crippen molar-refractivity contribution >= 4 is 11.9 Å². The first-order valence-electron chi connectivity index (χ1n) is 6.11. The fourth-order valence-corrected chi connectivity index (χ4v) is 1.68. The summed E-state index contributed by atoms with van der Waals surface area (Å²) >= 11 is 0. The molecule has 5 heteroatoms. The predicted molar refractivity (Wildman–Crippen MR) is 71.5 cm³/mol. The molecule has 0 fully saturated rings. The van der Waals surface area contributed by atoms with E-state index in [4.69, 9.17) is 9.84 Å². The minimum atomic E-state index is -0.863. The summed E-state index contributed by atoms with van der Waals surface area (Å²) in [5.74, 6) is -0.430. The largest absolute Gasteiger partial charge is 0.496 e. The maximum Gasteiger partial charge on any atom is 0.303 e. The Hall–Kier alpha value is -2.04. The van der Waals surface area contributed by atoms with Crippen LogP contribution in [0.3, 0.4) is 0 Å².